The molecule has 1 aliphatic rings. The van der Waals surface area contributed by atoms with Crippen molar-refractivity contribution in [1.82, 2.24) is 13.5 Å². The SMILES string of the molecule is CCN(CC)S(=O)(=O)N1CCN(Cc2ccc(C(=O)Nc3ccc(OC)cc3)cc2)CC1. The molecule has 2 aromatic rings. The van der Waals surface area contributed by atoms with Crippen LogP contribution in [0.4, 0.5) is 5.69 Å². The van der Waals surface area contributed by atoms with Crippen LogP contribution in [0.1, 0.15) is 29.8 Å². The van der Waals surface area contributed by atoms with E-state index in [1.165, 1.54) is 4.31 Å². The summed E-state index contributed by atoms with van der Waals surface area (Å²) >= 11 is 0. The van der Waals surface area contributed by atoms with Gasteiger partial charge in [0, 0.05) is 57.1 Å². The number of rotatable bonds is 9. The monoisotopic (exact) mass is 460 g/mol. The number of nitrogens with zero attached hydrogens (tertiary/aromatic N) is 3. The smallest absolute Gasteiger partial charge is 0.282 e. The summed E-state index contributed by atoms with van der Waals surface area (Å²) in [5.74, 6) is 0.566. The first-order valence-electron chi connectivity index (χ1n) is 10.9. The number of hydrogen-bond acceptors (Lipinski definition) is 5. The number of methoxy groups -OCH3 is 1. The van der Waals surface area contributed by atoms with Gasteiger partial charge >= 0.3 is 0 Å². The third-order valence-corrected chi connectivity index (χ3v) is 7.85. The van der Waals surface area contributed by atoms with Crippen LogP contribution in [0.5, 0.6) is 5.75 Å². The van der Waals surface area contributed by atoms with Gasteiger partial charge in [-0.1, -0.05) is 26.0 Å². The van der Waals surface area contributed by atoms with E-state index in [0.717, 1.165) is 17.9 Å². The molecule has 8 nitrogen and oxygen atoms in total. The number of amides is 1. The maximum absolute atomic E-state index is 12.7. The van der Waals surface area contributed by atoms with Crippen LogP contribution in [0.15, 0.2) is 48.5 Å². The summed E-state index contributed by atoms with van der Waals surface area (Å²) in [6.07, 6.45) is 0. The highest BCUT2D eigenvalue weighted by Crippen LogP contribution is 2.17. The second-order valence-corrected chi connectivity index (χ2v) is 9.58. The zero-order chi connectivity index (χ0) is 23.1. The minimum Gasteiger partial charge on any atom is -0.497 e. The molecule has 1 fully saturated rings. The van der Waals surface area contributed by atoms with Gasteiger partial charge in [0.05, 0.1) is 7.11 Å². The Morgan fingerprint density at radius 3 is 2.09 bits per heavy atom. The van der Waals surface area contributed by atoms with Gasteiger partial charge in [-0.3, -0.25) is 9.69 Å². The number of nitrogens with one attached hydrogen (secondary N) is 1. The van der Waals surface area contributed by atoms with E-state index in [-0.39, 0.29) is 5.91 Å². The van der Waals surface area contributed by atoms with E-state index in [2.05, 4.69) is 10.2 Å². The lowest BCUT2D eigenvalue weighted by Gasteiger charge is -2.36. The van der Waals surface area contributed by atoms with Gasteiger partial charge in [0.1, 0.15) is 5.75 Å². The molecular formula is C23H32N4O4S. The van der Waals surface area contributed by atoms with Crippen LogP contribution in [0.25, 0.3) is 0 Å². The molecular weight excluding hydrogens is 428 g/mol. The molecule has 3 rings (SSSR count). The normalized spacial score (nSPS) is 15.6. The highest BCUT2D eigenvalue weighted by Gasteiger charge is 2.30. The molecule has 9 heteroatoms. The van der Waals surface area contributed by atoms with Crippen molar-refractivity contribution in [3.05, 3.63) is 59.7 Å². The minimum atomic E-state index is -3.38. The summed E-state index contributed by atoms with van der Waals surface area (Å²) in [7, 11) is -1.78. The van der Waals surface area contributed by atoms with Crippen molar-refractivity contribution in [2.45, 2.75) is 20.4 Å². The van der Waals surface area contributed by atoms with Crippen molar-refractivity contribution in [2.75, 3.05) is 51.7 Å². The van der Waals surface area contributed by atoms with E-state index in [1.54, 1.807) is 35.7 Å². The van der Waals surface area contributed by atoms with Gasteiger partial charge in [0.15, 0.2) is 0 Å². The summed E-state index contributed by atoms with van der Waals surface area (Å²) in [6.45, 7) is 7.74. The maximum atomic E-state index is 12.7. The van der Waals surface area contributed by atoms with Gasteiger partial charge in [-0.25, -0.2) is 0 Å². The van der Waals surface area contributed by atoms with E-state index < -0.39 is 10.2 Å². The Morgan fingerprint density at radius 2 is 1.56 bits per heavy atom. The Morgan fingerprint density at radius 1 is 0.969 bits per heavy atom. The Kier molecular flexibility index (Phi) is 8.25. The van der Waals surface area contributed by atoms with Crippen LogP contribution >= 0.6 is 0 Å². The first kappa shape index (κ1) is 24.2. The quantitative estimate of drug-likeness (QED) is 0.622. The molecule has 0 aliphatic carbocycles. The van der Waals surface area contributed by atoms with E-state index >= 15 is 0 Å². The van der Waals surface area contributed by atoms with Crippen LogP contribution in [0.3, 0.4) is 0 Å². The minimum absolute atomic E-state index is 0.169. The predicted molar refractivity (Wildman–Crippen MR) is 126 cm³/mol. The van der Waals surface area contributed by atoms with E-state index in [9.17, 15) is 13.2 Å². The average Bonchev–Trinajstić information content (AvgIpc) is 2.81. The summed E-state index contributed by atoms with van der Waals surface area (Å²) in [5.41, 5.74) is 2.38. The molecule has 0 spiro atoms. The molecule has 1 amide bonds. The third-order valence-electron chi connectivity index (χ3n) is 5.66. The highest BCUT2D eigenvalue weighted by molar-refractivity contribution is 7.86. The summed E-state index contributed by atoms with van der Waals surface area (Å²) in [6, 6.07) is 14.7. The summed E-state index contributed by atoms with van der Waals surface area (Å²) in [5, 5.41) is 2.88. The average molecular weight is 461 g/mol. The predicted octanol–water partition coefficient (Wildman–Crippen LogP) is 2.65. The molecule has 0 aromatic heterocycles. The van der Waals surface area contributed by atoms with Gasteiger partial charge in [-0.15, -0.1) is 0 Å². The van der Waals surface area contributed by atoms with Crippen LogP contribution in [-0.4, -0.2) is 74.2 Å². The summed E-state index contributed by atoms with van der Waals surface area (Å²) < 4.78 is 33.5. The fraction of sp³-hybridized carbons (Fsp3) is 0.435. The van der Waals surface area contributed by atoms with E-state index in [0.29, 0.717) is 50.5 Å². The molecule has 0 bridgehead atoms. The number of hydrogen-bond donors (Lipinski definition) is 1. The Hall–Kier alpha value is -2.46. The molecule has 0 saturated carbocycles. The lowest BCUT2D eigenvalue weighted by Crippen LogP contribution is -2.52. The van der Waals surface area contributed by atoms with Crippen molar-refractivity contribution in [2.24, 2.45) is 0 Å². The van der Waals surface area contributed by atoms with Gasteiger partial charge in [-0.05, 0) is 42.0 Å². The molecule has 2 aromatic carbocycles. The molecule has 174 valence electrons. The lowest BCUT2D eigenvalue weighted by molar-refractivity contribution is 0.102. The van der Waals surface area contributed by atoms with Gasteiger partial charge in [0.25, 0.3) is 16.1 Å². The number of ether oxygens (including phenoxy) is 1. The Balaban J connectivity index is 1.52. The Labute approximate surface area is 190 Å². The van der Waals surface area contributed by atoms with Crippen molar-refractivity contribution in [3.63, 3.8) is 0 Å². The molecule has 0 unspecified atom stereocenters. The first-order valence-corrected chi connectivity index (χ1v) is 12.3. The van der Waals surface area contributed by atoms with Crippen LogP contribution in [-0.2, 0) is 16.8 Å². The Bertz CT molecular complexity index is 982. The second-order valence-electron chi connectivity index (χ2n) is 7.65. The number of piperazine rings is 1. The van der Waals surface area contributed by atoms with Gasteiger partial charge in [-0.2, -0.15) is 17.0 Å². The molecule has 0 atom stereocenters. The largest absolute Gasteiger partial charge is 0.497 e. The van der Waals surface area contributed by atoms with E-state index in [4.69, 9.17) is 4.74 Å². The number of carbonyl (C=O) groups excluding carboxylic acids is 1. The first-order chi connectivity index (χ1) is 15.4. The van der Waals surface area contributed by atoms with Gasteiger partial charge in [0.2, 0.25) is 0 Å². The third kappa shape index (κ3) is 5.86. The van der Waals surface area contributed by atoms with Crippen LogP contribution in [0.2, 0.25) is 0 Å². The van der Waals surface area contributed by atoms with Crippen molar-refractivity contribution < 1.29 is 17.9 Å². The molecule has 1 N–H and O–H groups in total. The number of benzene rings is 2. The van der Waals surface area contributed by atoms with Crippen LogP contribution in [0, 0.1) is 0 Å². The standard InChI is InChI=1S/C23H32N4O4S/c1-4-26(5-2)32(29,30)27-16-14-25(15-17-27)18-19-6-8-20(9-7-19)23(28)24-21-10-12-22(31-3)13-11-21/h6-13H,4-5,14-18H2,1-3H3,(H,24,28). The fourth-order valence-corrected chi connectivity index (χ4v) is 5.33. The van der Waals surface area contributed by atoms with Crippen molar-refractivity contribution >= 4 is 21.8 Å². The molecule has 1 aliphatic heterocycles. The second kappa shape index (κ2) is 10.9. The van der Waals surface area contributed by atoms with Crippen molar-refractivity contribution in [3.8, 4) is 5.75 Å². The highest BCUT2D eigenvalue weighted by atomic mass is 32.2. The molecule has 0 radical (unpaired) electrons. The molecule has 32 heavy (non-hydrogen) atoms. The maximum Gasteiger partial charge on any atom is 0.282 e. The number of carbonyl (C=O) groups is 1. The zero-order valence-corrected chi connectivity index (χ0v) is 19.8. The molecule has 1 saturated heterocycles. The van der Waals surface area contributed by atoms with Gasteiger partial charge < -0.3 is 10.1 Å². The number of anilines is 1. The lowest BCUT2D eigenvalue weighted by atomic mass is 10.1. The van der Waals surface area contributed by atoms with Crippen LogP contribution < -0.4 is 10.1 Å². The fourth-order valence-electron chi connectivity index (χ4n) is 3.73. The van der Waals surface area contributed by atoms with E-state index in [1.807, 2.05) is 38.1 Å². The topological polar surface area (TPSA) is 82.2 Å². The molecule has 1 heterocycles. The summed E-state index contributed by atoms with van der Waals surface area (Å²) in [4.78, 5) is 14.7. The van der Waals surface area contributed by atoms with Crippen molar-refractivity contribution in [1.29, 1.82) is 0 Å². The zero-order valence-electron chi connectivity index (χ0n) is 19.0.